The molecule has 70 heavy (non-hydrogen) atoms. The minimum atomic E-state index is 0.558. The van der Waals surface area contributed by atoms with Crippen LogP contribution in [-0.4, -0.2) is 19.5 Å². The molecule has 5 nitrogen and oxygen atoms in total. The maximum absolute atomic E-state index is 7.01. The summed E-state index contributed by atoms with van der Waals surface area (Å²) >= 11 is 3.60. The Kier molecular flexibility index (Phi) is 7.86. The fourth-order valence-corrected chi connectivity index (χ4v) is 13.4. The van der Waals surface area contributed by atoms with Gasteiger partial charge in [0.1, 0.15) is 11.2 Å². The SMILES string of the molecule is c1ccc2cc3c(cc2c1)c1cc2ccccc2cc1n3-c1ccc2cc(-c3nc(-c4ccc5sc6ccccc6c5c4)nc(-c4cccc5sc6ccccc6c45)n3)c3oc4ccccc4c3c2c1. The molecule has 0 spiro atoms. The quantitative estimate of drug-likeness (QED) is 0.176. The fourth-order valence-electron chi connectivity index (χ4n) is 11.2. The number of furan rings is 1. The first-order chi connectivity index (χ1) is 34.6. The molecular weight excluding hydrogens is 893 g/mol. The van der Waals surface area contributed by atoms with Gasteiger partial charge in [-0.1, -0.05) is 121 Å². The van der Waals surface area contributed by atoms with Gasteiger partial charge in [0.25, 0.3) is 0 Å². The highest BCUT2D eigenvalue weighted by atomic mass is 32.1. The number of benzene rings is 11. The van der Waals surface area contributed by atoms with E-state index in [1.165, 1.54) is 78.3 Å². The lowest BCUT2D eigenvalue weighted by molar-refractivity contribution is 0.670. The van der Waals surface area contributed by atoms with Gasteiger partial charge in [-0.3, -0.25) is 0 Å². The van der Waals surface area contributed by atoms with Crippen LogP contribution >= 0.6 is 22.7 Å². The third-order valence-electron chi connectivity index (χ3n) is 14.4. The van der Waals surface area contributed by atoms with Crippen molar-refractivity contribution in [2.75, 3.05) is 0 Å². The number of hydrogen-bond acceptors (Lipinski definition) is 6. The highest BCUT2D eigenvalue weighted by molar-refractivity contribution is 7.26. The molecule has 0 N–H and O–H groups in total. The van der Waals surface area contributed by atoms with Crippen LogP contribution in [0.1, 0.15) is 0 Å². The highest BCUT2D eigenvalue weighted by Gasteiger charge is 2.23. The molecule has 16 rings (SSSR count). The maximum atomic E-state index is 7.01. The molecule has 0 bridgehead atoms. The maximum Gasteiger partial charge on any atom is 0.167 e. The zero-order valence-electron chi connectivity index (χ0n) is 37.1. The van der Waals surface area contributed by atoms with Crippen LogP contribution < -0.4 is 0 Å². The van der Waals surface area contributed by atoms with Crippen LogP contribution in [0.2, 0.25) is 0 Å². The van der Waals surface area contributed by atoms with E-state index in [4.69, 9.17) is 19.4 Å². The molecule has 0 atom stereocenters. The standard InChI is InChI=1S/C63H34N4OS2/c1-3-14-37-32-51-47(28-35(37)12-1)48-29-36-13-2-4-15-38(36)33-52(48)67(51)41-26-24-39-30-50(60-59(46(39)34-41)43-17-5-8-20-53(43)68-60)63-65-61(40-25-27-56-49(31-40)42-16-6-9-21-54(42)69-56)64-62(66-63)45-19-11-23-57-58(45)44-18-7-10-22-55(44)70-57/h1-34H. The average molecular weight is 927 g/mol. The van der Waals surface area contributed by atoms with Crippen molar-refractivity contribution in [3.8, 4) is 39.9 Å². The van der Waals surface area contributed by atoms with E-state index >= 15 is 0 Å². The van der Waals surface area contributed by atoms with E-state index < -0.39 is 0 Å². The van der Waals surface area contributed by atoms with E-state index in [1.807, 2.05) is 17.4 Å². The van der Waals surface area contributed by atoms with E-state index in [0.717, 1.165) is 60.5 Å². The predicted octanol–water partition coefficient (Wildman–Crippen LogP) is 18.1. The Morgan fingerprint density at radius 3 is 1.69 bits per heavy atom. The van der Waals surface area contributed by atoms with Gasteiger partial charge in [0.15, 0.2) is 17.5 Å². The van der Waals surface area contributed by atoms with Crippen LogP contribution in [0.25, 0.3) is 156 Å². The van der Waals surface area contributed by atoms with Crippen molar-refractivity contribution < 1.29 is 4.42 Å². The Labute approximate surface area is 406 Å². The number of thiophene rings is 2. The van der Waals surface area contributed by atoms with Crippen molar-refractivity contribution in [1.82, 2.24) is 19.5 Å². The van der Waals surface area contributed by atoms with Crippen molar-refractivity contribution in [3.05, 3.63) is 206 Å². The van der Waals surface area contributed by atoms with Gasteiger partial charge in [-0.25, -0.2) is 15.0 Å². The number of rotatable bonds is 4. The molecule has 5 aromatic heterocycles. The molecule has 0 saturated heterocycles. The summed E-state index contributed by atoms with van der Waals surface area (Å²) in [6.07, 6.45) is 0. The third kappa shape index (κ3) is 5.55. The van der Waals surface area contributed by atoms with Crippen LogP contribution in [-0.2, 0) is 0 Å². The number of para-hydroxylation sites is 1. The van der Waals surface area contributed by atoms with Crippen LogP contribution in [0.15, 0.2) is 211 Å². The molecule has 0 radical (unpaired) electrons. The lowest BCUT2D eigenvalue weighted by Crippen LogP contribution is -2.01. The first-order valence-corrected chi connectivity index (χ1v) is 25.1. The summed E-state index contributed by atoms with van der Waals surface area (Å²) in [6, 6.07) is 74.5. The van der Waals surface area contributed by atoms with Gasteiger partial charge >= 0.3 is 0 Å². The smallest absolute Gasteiger partial charge is 0.167 e. The Hall–Kier alpha value is -8.75. The van der Waals surface area contributed by atoms with Gasteiger partial charge in [0.2, 0.25) is 0 Å². The molecule has 324 valence electrons. The number of hydrogen-bond donors (Lipinski definition) is 0. The summed E-state index contributed by atoms with van der Waals surface area (Å²) in [6.45, 7) is 0. The number of aromatic nitrogens is 4. The van der Waals surface area contributed by atoms with Crippen LogP contribution in [0.5, 0.6) is 0 Å². The molecule has 0 aliphatic carbocycles. The second kappa shape index (κ2) is 14.4. The van der Waals surface area contributed by atoms with Crippen LogP contribution in [0.3, 0.4) is 0 Å². The third-order valence-corrected chi connectivity index (χ3v) is 16.6. The van der Waals surface area contributed by atoms with Crippen LogP contribution in [0, 0.1) is 0 Å². The summed E-state index contributed by atoms with van der Waals surface area (Å²) in [5.74, 6) is 1.79. The van der Waals surface area contributed by atoms with E-state index in [-0.39, 0.29) is 0 Å². The van der Waals surface area contributed by atoms with E-state index in [9.17, 15) is 0 Å². The summed E-state index contributed by atoms with van der Waals surface area (Å²) in [7, 11) is 0. The molecule has 0 aliphatic heterocycles. The van der Waals surface area contributed by atoms with Gasteiger partial charge in [0.05, 0.1) is 16.6 Å². The van der Waals surface area contributed by atoms with Crippen molar-refractivity contribution in [2.45, 2.75) is 0 Å². The molecule has 5 heterocycles. The highest BCUT2D eigenvalue weighted by Crippen LogP contribution is 2.45. The topological polar surface area (TPSA) is 56.7 Å². The van der Waals surface area contributed by atoms with Gasteiger partial charge < -0.3 is 8.98 Å². The summed E-state index contributed by atoms with van der Waals surface area (Å²) in [5.41, 5.74) is 7.68. The second-order valence-corrected chi connectivity index (χ2v) is 20.5. The lowest BCUT2D eigenvalue weighted by Gasteiger charge is -2.13. The van der Waals surface area contributed by atoms with Gasteiger partial charge in [-0.05, 0) is 117 Å². The largest absolute Gasteiger partial charge is 0.455 e. The monoisotopic (exact) mass is 926 g/mol. The van der Waals surface area contributed by atoms with Crippen molar-refractivity contribution in [1.29, 1.82) is 0 Å². The van der Waals surface area contributed by atoms with Gasteiger partial charge in [-0.2, -0.15) is 0 Å². The molecule has 0 unspecified atom stereocenters. The van der Waals surface area contributed by atoms with E-state index in [2.05, 4.69) is 205 Å². The van der Waals surface area contributed by atoms with E-state index in [0.29, 0.717) is 17.5 Å². The van der Waals surface area contributed by atoms with Crippen molar-refractivity contribution >= 4 is 139 Å². The number of nitrogens with zero attached hydrogens (tertiary/aromatic N) is 4. The molecule has 0 aliphatic rings. The molecular formula is C63H34N4OS2. The minimum absolute atomic E-state index is 0.558. The Morgan fingerprint density at radius 1 is 0.343 bits per heavy atom. The molecule has 0 fully saturated rings. The fraction of sp³-hybridized carbons (Fsp3) is 0. The molecule has 7 heteroatoms. The average Bonchev–Trinajstić information content (AvgIpc) is 4.18. The zero-order chi connectivity index (χ0) is 45.6. The first-order valence-electron chi connectivity index (χ1n) is 23.5. The molecule has 16 aromatic rings. The lowest BCUT2D eigenvalue weighted by atomic mass is 9.99. The summed E-state index contributed by atoms with van der Waals surface area (Å²) in [5, 5.41) is 16.3. The van der Waals surface area contributed by atoms with Gasteiger partial charge in [0, 0.05) is 78.7 Å². The Balaban J connectivity index is 0.971. The molecule has 0 amide bonds. The Morgan fingerprint density at radius 2 is 0.929 bits per heavy atom. The molecule has 0 saturated carbocycles. The minimum Gasteiger partial charge on any atom is -0.455 e. The van der Waals surface area contributed by atoms with E-state index in [1.54, 1.807) is 11.3 Å². The molecule has 11 aromatic carbocycles. The first kappa shape index (κ1) is 38.2. The summed E-state index contributed by atoms with van der Waals surface area (Å²) in [4.78, 5) is 16.3. The Bertz CT molecular complexity index is 4830. The van der Waals surface area contributed by atoms with Gasteiger partial charge in [-0.15, -0.1) is 22.7 Å². The normalized spacial score (nSPS) is 12.3. The predicted molar refractivity (Wildman–Crippen MR) is 296 cm³/mol. The zero-order valence-corrected chi connectivity index (χ0v) is 38.8. The van der Waals surface area contributed by atoms with Crippen molar-refractivity contribution in [3.63, 3.8) is 0 Å². The van der Waals surface area contributed by atoms with Crippen LogP contribution in [0.4, 0.5) is 0 Å². The second-order valence-electron chi connectivity index (χ2n) is 18.3. The summed E-state index contributed by atoms with van der Waals surface area (Å²) < 4.78 is 14.4. The van der Waals surface area contributed by atoms with Crippen molar-refractivity contribution in [2.24, 2.45) is 0 Å². The number of fused-ring (bicyclic) bond motifs is 16.